The lowest BCUT2D eigenvalue weighted by molar-refractivity contribution is 0.131. The van der Waals surface area contributed by atoms with E-state index in [-0.39, 0.29) is 11.2 Å². The Labute approximate surface area is 169 Å². The Morgan fingerprint density at radius 3 is 2.82 bits per heavy atom. The maximum absolute atomic E-state index is 13.3. The molecule has 2 aliphatic rings. The van der Waals surface area contributed by atoms with Crippen molar-refractivity contribution in [1.82, 2.24) is 9.55 Å². The number of aromatic nitrogens is 2. The van der Waals surface area contributed by atoms with Crippen LogP contribution in [0.4, 0.5) is 4.39 Å². The highest BCUT2D eigenvalue weighted by Gasteiger charge is 2.45. The Bertz CT molecular complexity index is 1020. The number of imidazole rings is 1. The molecule has 5 rings (SSSR count). The first-order valence-corrected chi connectivity index (χ1v) is 11.0. The number of rotatable bonds is 3. The number of nitrogens with zero attached hydrogens (tertiary/aromatic N) is 2. The molecule has 28 heavy (non-hydrogen) atoms. The summed E-state index contributed by atoms with van der Waals surface area (Å²) in [4.78, 5) is 6.20. The zero-order valence-electron chi connectivity index (χ0n) is 16.4. The molecule has 144 valence electrons. The van der Waals surface area contributed by atoms with Gasteiger partial charge in [-0.15, -0.1) is 11.3 Å². The number of benzene rings is 1. The second-order valence-electron chi connectivity index (χ2n) is 8.50. The fourth-order valence-electron chi connectivity index (χ4n) is 5.38. The lowest BCUT2D eigenvalue weighted by atomic mass is 9.59. The van der Waals surface area contributed by atoms with E-state index in [1.165, 1.54) is 35.5 Å². The molecule has 2 nitrogen and oxygen atoms in total. The van der Waals surface area contributed by atoms with Gasteiger partial charge in [0.1, 0.15) is 5.82 Å². The molecule has 0 bridgehead atoms. The van der Waals surface area contributed by atoms with Crippen LogP contribution in [0.1, 0.15) is 49.6 Å². The van der Waals surface area contributed by atoms with Gasteiger partial charge in [0.2, 0.25) is 0 Å². The molecule has 0 radical (unpaired) electrons. The van der Waals surface area contributed by atoms with Crippen molar-refractivity contribution in [3.8, 4) is 11.3 Å². The van der Waals surface area contributed by atoms with Gasteiger partial charge in [-0.05, 0) is 72.9 Å². The van der Waals surface area contributed by atoms with Crippen LogP contribution in [0.15, 0.2) is 53.7 Å². The molecule has 0 spiro atoms. The monoisotopic (exact) mass is 392 g/mol. The Hall–Kier alpha value is -2.20. The molecule has 3 aromatic rings. The van der Waals surface area contributed by atoms with Crippen LogP contribution >= 0.6 is 11.3 Å². The van der Waals surface area contributed by atoms with E-state index in [1.54, 1.807) is 5.57 Å². The van der Waals surface area contributed by atoms with Gasteiger partial charge in [0.25, 0.3) is 0 Å². The van der Waals surface area contributed by atoms with Gasteiger partial charge < -0.3 is 4.57 Å². The van der Waals surface area contributed by atoms with Gasteiger partial charge in [-0.3, -0.25) is 0 Å². The summed E-state index contributed by atoms with van der Waals surface area (Å²) in [5, 5.41) is 2.19. The minimum Gasteiger partial charge on any atom is -0.330 e. The van der Waals surface area contributed by atoms with Gasteiger partial charge in [0, 0.05) is 22.4 Å². The van der Waals surface area contributed by atoms with Crippen molar-refractivity contribution in [3.63, 3.8) is 0 Å². The van der Waals surface area contributed by atoms with Crippen molar-refractivity contribution in [2.45, 2.75) is 45.6 Å². The molecule has 0 saturated heterocycles. The van der Waals surface area contributed by atoms with Crippen molar-refractivity contribution in [1.29, 1.82) is 0 Å². The molecular weight excluding hydrogens is 367 g/mol. The predicted molar refractivity (Wildman–Crippen MR) is 114 cm³/mol. The lowest BCUT2D eigenvalue weighted by Gasteiger charge is -2.48. The lowest BCUT2D eigenvalue weighted by Crippen LogP contribution is -2.41. The summed E-state index contributed by atoms with van der Waals surface area (Å²) in [5.74, 6) is 0.992. The molecule has 0 amide bonds. The molecule has 3 heterocycles. The zero-order valence-corrected chi connectivity index (χ0v) is 17.2. The van der Waals surface area contributed by atoms with Crippen LogP contribution in [0, 0.1) is 17.2 Å². The zero-order chi connectivity index (χ0) is 19.3. The highest BCUT2D eigenvalue weighted by atomic mass is 32.1. The van der Waals surface area contributed by atoms with Gasteiger partial charge in [-0.1, -0.05) is 25.5 Å². The average Bonchev–Trinajstić information content (AvgIpc) is 3.35. The van der Waals surface area contributed by atoms with Gasteiger partial charge in [-0.2, -0.15) is 0 Å². The molecule has 1 aliphatic heterocycles. The summed E-state index contributed by atoms with van der Waals surface area (Å²) in [6, 6.07) is 11.1. The standard InChI is InChI=1S/C24H25FN2S/c1-16(22-7-4-12-28-22)20-6-3-5-18-13-21-23(17-8-10-19(25)11-9-17)26-15-27(21)14-24(18,20)2/h4,7-13,15-16,20H,3,5-6,14H2,1-2H3/t16?,20?,24-/m0/s1. The first kappa shape index (κ1) is 17.9. The van der Waals surface area contributed by atoms with Crippen LogP contribution in [0.3, 0.4) is 0 Å². The third-order valence-electron chi connectivity index (χ3n) is 6.91. The highest BCUT2D eigenvalue weighted by Crippen LogP contribution is 2.54. The minimum atomic E-state index is -0.208. The third-order valence-corrected chi connectivity index (χ3v) is 7.99. The number of thiophene rings is 1. The van der Waals surface area contributed by atoms with Gasteiger partial charge >= 0.3 is 0 Å². The summed E-state index contributed by atoms with van der Waals surface area (Å²) < 4.78 is 15.6. The molecular formula is C24H25FN2S. The summed E-state index contributed by atoms with van der Waals surface area (Å²) in [6.07, 6.45) is 8.04. The largest absolute Gasteiger partial charge is 0.330 e. The topological polar surface area (TPSA) is 17.8 Å². The quantitative estimate of drug-likeness (QED) is 0.481. The van der Waals surface area contributed by atoms with E-state index >= 15 is 0 Å². The summed E-state index contributed by atoms with van der Waals surface area (Å²) >= 11 is 1.88. The SMILES string of the molecule is CC(c1cccs1)C1CCCC2=Cc3c(-c4ccc(F)cc4)ncn3C[C@@]21C. The fraction of sp³-hybridized carbons (Fsp3) is 0.375. The van der Waals surface area contributed by atoms with Crippen molar-refractivity contribution in [2.24, 2.45) is 11.3 Å². The van der Waals surface area contributed by atoms with Crippen LogP contribution in [-0.4, -0.2) is 9.55 Å². The highest BCUT2D eigenvalue weighted by molar-refractivity contribution is 7.10. The van der Waals surface area contributed by atoms with Gasteiger partial charge in [0.15, 0.2) is 0 Å². The normalized spacial score (nSPS) is 25.0. The van der Waals surface area contributed by atoms with Crippen molar-refractivity contribution >= 4 is 17.4 Å². The van der Waals surface area contributed by atoms with E-state index in [2.05, 4.69) is 42.0 Å². The van der Waals surface area contributed by atoms with E-state index in [0.717, 1.165) is 24.2 Å². The van der Waals surface area contributed by atoms with E-state index < -0.39 is 0 Å². The molecule has 1 saturated carbocycles. The smallest absolute Gasteiger partial charge is 0.123 e. The van der Waals surface area contributed by atoms with E-state index in [1.807, 2.05) is 29.8 Å². The van der Waals surface area contributed by atoms with E-state index in [9.17, 15) is 4.39 Å². The number of halogens is 1. The molecule has 0 N–H and O–H groups in total. The molecule has 4 heteroatoms. The van der Waals surface area contributed by atoms with Gasteiger partial charge in [0.05, 0.1) is 17.7 Å². The third kappa shape index (κ3) is 2.77. The summed E-state index contributed by atoms with van der Waals surface area (Å²) in [5.41, 5.74) is 4.83. The average molecular weight is 393 g/mol. The molecule has 2 aromatic heterocycles. The fourth-order valence-corrected chi connectivity index (χ4v) is 6.23. The summed E-state index contributed by atoms with van der Waals surface area (Å²) in [7, 11) is 0. The molecule has 3 atom stereocenters. The van der Waals surface area contributed by atoms with Gasteiger partial charge in [-0.25, -0.2) is 9.37 Å². The van der Waals surface area contributed by atoms with Crippen LogP contribution in [-0.2, 0) is 6.54 Å². The Morgan fingerprint density at radius 1 is 1.25 bits per heavy atom. The first-order chi connectivity index (χ1) is 13.6. The Balaban J connectivity index is 1.54. The molecule has 1 fully saturated rings. The predicted octanol–water partition coefficient (Wildman–Crippen LogP) is 6.76. The number of hydrogen-bond acceptors (Lipinski definition) is 2. The molecule has 1 aromatic carbocycles. The maximum Gasteiger partial charge on any atom is 0.123 e. The van der Waals surface area contributed by atoms with E-state index in [4.69, 9.17) is 4.98 Å². The molecule has 1 aliphatic carbocycles. The minimum absolute atomic E-state index is 0.162. The summed E-state index contributed by atoms with van der Waals surface area (Å²) in [6.45, 7) is 5.83. The first-order valence-electron chi connectivity index (χ1n) is 10.1. The van der Waals surface area contributed by atoms with Crippen molar-refractivity contribution in [3.05, 3.63) is 70.1 Å². The van der Waals surface area contributed by atoms with Crippen molar-refractivity contribution in [2.75, 3.05) is 0 Å². The van der Waals surface area contributed by atoms with Crippen LogP contribution in [0.2, 0.25) is 0 Å². The number of allylic oxidation sites excluding steroid dienone is 1. The second-order valence-corrected chi connectivity index (χ2v) is 9.48. The van der Waals surface area contributed by atoms with Crippen LogP contribution in [0.25, 0.3) is 17.3 Å². The van der Waals surface area contributed by atoms with Crippen molar-refractivity contribution < 1.29 is 4.39 Å². The number of hydrogen-bond donors (Lipinski definition) is 0. The number of fused-ring (bicyclic) bond motifs is 2. The Morgan fingerprint density at radius 2 is 2.07 bits per heavy atom. The van der Waals surface area contributed by atoms with Crippen LogP contribution < -0.4 is 0 Å². The second kappa shape index (κ2) is 6.70. The maximum atomic E-state index is 13.3. The van der Waals surface area contributed by atoms with Crippen LogP contribution in [0.5, 0.6) is 0 Å². The Kier molecular flexibility index (Phi) is 4.27. The van der Waals surface area contributed by atoms with E-state index in [0.29, 0.717) is 11.8 Å². The molecule has 2 unspecified atom stereocenters.